The minimum Gasteiger partial charge on any atom is -0.372 e. The van der Waals surface area contributed by atoms with Gasteiger partial charge in [-0.2, -0.15) is 0 Å². The van der Waals surface area contributed by atoms with Crippen LogP contribution in [-0.4, -0.2) is 25.8 Å². The molecule has 1 aliphatic rings. The van der Waals surface area contributed by atoms with Crippen molar-refractivity contribution < 1.29 is 0 Å². The van der Waals surface area contributed by atoms with E-state index in [9.17, 15) is 0 Å². The SMILES string of the molecule is C=Cc1ccc2c(c1)N(C)CCN=C2C=Cc1ccc(Cl)c(Cl)c1.Cl.Cl. The highest BCUT2D eigenvalue weighted by Crippen LogP contribution is 2.26. The van der Waals surface area contributed by atoms with Gasteiger partial charge in [-0.3, -0.25) is 4.99 Å². The highest BCUT2D eigenvalue weighted by atomic mass is 35.5. The normalized spacial score (nSPS) is 13.2. The Balaban J connectivity index is 0.00000169. The Morgan fingerprint density at radius 3 is 2.42 bits per heavy atom. The van der Waals surface area contributed by atoms with E-state index in [2.05, 4.69) is 36.7 Å². The van der Waals surface area contributed by atoms with Gasteiger partial charge in [0.2, 0.25) is 0 Å². The Kier molecular flexibility index (Phi) is 8.72. The van der Waals surface area contributed by atoms with E-state index in [0.717, 1.165) is 35.5 Å². The molecule has 0 spiro atoms. The Morgan fingerprint density at radius 1 is 1.00 bits per heavy atom. The fourth-order valence-electron chi connectivity index (χ4n) is 2.67. The molecular weight excluding hydrogens is 410 g/mol. The molecule has 0 saturated carbocycles. The number of hydrogen-bond donors (Lipinski definition) is 0. The molecule has 3 rings (SSSR count). The van der Waals surface area contributed by atoms with Gasteiger partial charge >= 0.3 is 0 Å². The quantitative estimate of drug-likeness (QED) is 0.548. The maximum absolute atomic E-state index is 6.08. The van der Waals surface area contributed by atoms with Crippen LogP contribution in [0.25, 0.3) is 12.2 Å². The molecular formula is C20H20Cl4N2. The van der Waals surface area contributed by atoms with Crippen LogP contribution in [0.3, 0.4) is 0 Å². The number of benzene rings is 2. The van der Waals surface area contributed by atoms with Crippen molar-refractivity contribution >= 4 is 71.6 Å². The van der Waals surface area contributed by atoms with Crippen LogP contribution in [-0.2, 0) is 0 Å². The van der Waals surface area contributed by atoms with Crippen LogP contribution in [0.1, 0.15) is 16.7 Å². The number of benzodiazepines with no additional fused rings is 1. The summed E-state index contributed by atoms with van der Waals surface area (Å²) in [4.78, 5) is 6.96. The van der Waals surface area contributed by atoms with Gasteiger partial charge in [-0.05, 0) is 35.4 Å². The third-order valence-corrected chi connectivity index (χ3v) is 4.78. The van der Waals surface area contributed by atoms with Gasteiger partial charge in [0.05, 0.1) is 22.3 Å². The van der Waals surface area contributed by atoms with Crippen LogP contribution in [0.4, 0.5) is 5.69 Å². The molecule has 0 radical (unpaired) electrons. The first-order valence-electron chi connectivity index (χ1n) is 7.74. The zero-order chi connectivity index (χ0) is 17.1. The first-order valence-corrected chi connectivity index (χ1v) is 8.49. The van der Waals surface area contributed by atoms with Crippen LogP contribution >= 0.6 is 48.0 Å². The molecule has 1 aliphatic heterocycles. The molecule has 1 heterocycles. The second kappa shape index (κ2) is 10.0. The average molecular weight is 430 g/mol. The molecule has 2 nitrogen and oxygen atoms in total. The topological polar surface area (TPSA) is 15.6 Å². The number of hydrogen-bond acceptors (Lipinski definition) is 2. The first kappa shape index (κ1) is 22.6. The maximum atomic E-state index is 6.08. The van der Waals surface area contributed by atoms with Crippen molar-refractivity contribution in [3.05, 3.63) is 75.8 Å². The fourth-order valence-corrected chi connectivity index (χ4v) is 2.97. The molecule has 0 saturated heterocycles. The van der Waals surface area contributed by atoms with E-state index in [1.165, 1.54) is 5.69 Å². The first-order chi connectivity index (χ1) is 11.6. The number of anilines is 1. The Bertz CT molecular complexity index is 844. The van der Waals surface area contributed by atoms with Gasteiger partial charge in [0, 0.05) is 24.8 Å². The lowest BCUT2D eigenvalue weighted by molar-refractivity contribution is 0.896. The Morgan fingerprint density at radius 2 is 1.73 bits per heavy atom. The van der Waals surface area contributed by atoms with Gasteiger partial charge in [0.1, 0.15) is 0 Å². The van der Waals surface area contributed by atoms with Crippen molar-refractivity contribution in [2.45, 2.75) is 0 Å². The molecule has 0 atom stereocenters. The Labute approximate surface area is 177 Å². The van der Waals surface area contributed by atoms with Crippen molar-refractivity contribution in [3.63, 3.8) is 0 Å². The van der Waals surface area contributed by atoms with Crippen LogP contribution in [0.15, 0.2) is 54.0 Å². The standard InChI is InChI=1S/C20H18Cl2N2.2ClH/c1-3-14-4-7-16-19(23-10-11-24(2)20(16)13-14)9-6-15-5-8-17(21)18(22)12-15;;/h3-9,12-13H,1,10-11H2,2H3;2*1H. The predicted octanol–water partition coefficient (Wildman–Crippen LogP) is 6.43. The number of halogens is 4. The summed E-state index contributed by atoms with van der Waals surface area (Å²) < 4.78 is 0. The summed E-state index contributed by atoms with van der Waals surface area (Å²) in [5.74, 6) is 0. The van der Waals surface area contributed by atoms with Crippen molar-refractivity contribution in [2.75, 3.05) is 25.0 Å². The summed E-state index contributed by atoms with van der Waals surface area (Å²) in [7, 11) is 2.09. The number of rotatable bonds is 3. The molecule has 0 bridgehead atoms. The largest absolute Gasteiger partial charge is 0.372 e. The summed E-state index contributed by atoms with van der Waals surface area (Å²) in [6, 6.07) is 11.9. The van der Waals surface area contributed by atoms with Crippen molar-refractivity contribution in [1.29, 1.82) is 0 Å². The van der Waals surface area contributed by atoms with E-state index >= 15 is 0 Å². The molecule has 0 fully saturated rings. The van der Waals surface area contributed by atoms with Gasteiger partial charge < -0.3 is 4.90 Å². The molecule has 138 valence electrons. The second-order valence-electron chi connectivity index (χ2n) is 5.68. The summed E-state index contributed by atoms with van der Waals surface area (Å²) in [6.45, 7) is 5.50. The lowest BCUT2D eigenvalue weighted by atomic mass is 10.0. The summed E-state index contributed by atoms with van der Waals surface area (Å²) >= 11 is 12.1. The zero-order valence-corrected chi connectivity index (χ0v) is 17.4. The minimum atomic E-state index is 0. The average Bonchev–Trinajstić information content (AvgIpc) is 2.75. The second-order valence-corrected chi connectivity index (χ2v) is 6.49. The number of likely N-dealkylation sites (N-methyl/N-ethyl adjacent to an activating group) is 1. The maximum Gasteiger partial charge on any atom is 0.0668 e. The zero-order valence-electron chi connectivity index (χ0n) is 14.3. The van der Waals surface area contributed by atoms with Crippen molar-refractivity contribution in [1.82, 2.24) is 0 Å². The van der Waals surface area contributed by atoms with Gasteiger partial charge in [0.25, 0.3) is 0 Å². The van der Waals surface area contributed by atoms with Crippen LogP contribution < -0.4 is 4.90 Å². The predicted molar refractivity (Wildman–Crippen MR) is 121 cm³/mol. The monoisotopic (exact) mass is 428 g/mol. The lowest BCUT2D eigenvalue weighted by Gasteiger charge is -2.19. The molecule has 0 aliphatic carbocycles. The van der Waals surface area contributed by atoms with Gasteiger partial charge in [-0.1, -0.05) is 60.1 Å². The fraction of sp³-hybridized carbons (Fsp3) is 0.150. The highest BCUT2D eigenvalue weighted by Gasteiger charge is 2.14. The minimum absolute atomic E-state index is 0. The number of fused-ring (bicyclic) bond motifs is 1. The van der Waals surface area contributed by atoms with Crippen molar-refractivity contribution in [3.8, 4) is 0 Å². The molecule has 2 aromatic rings. The van der Waals surface area contributed by atoms with Crippen LogP contribution in [0.2, 0.25) is 10.0 Å². The summed E-state index contributed by atoms with van der Waals surface area (Å²) in [5, 5.41) is 1.11. The molecule has 0 amide bonds. The molecule has 2 aromatic carbocycles. The van der Waals surface area contributed by atoms with E-state index in [0.29, 0.717) is 10.0 Å². The summed E-state index contributed by atoms with van der Waals surface area (Å²) in [5.41, 5.74) is 5.36. The van der Waals surface area contributed by atoms with E-state index in [-0.39, 0.29) is 24.8 Å². The number of allylic oxidation sites excluding steroid dienone is 1. The Hall–Kier alpha value is -1.45. The third kappa shape index (κ3) is 5.05. The molecule has 6 heteroatoms. The molecule has 0 unspecified atom stereocenters. The molecule has 0 N–H and O–H groups in total. The lowest BCUT2D eigenvalue weighted by Crippen LogP contribution is -2.20. The van der Waals surface area contributed by atoms with Crippen LogP contribution in [0.5, 0.6) is 0 Å². The smallest absolute Gasteiger partial charge is 0.0668 e. The van der Waals surface area contributed by atoms with E-state index in [4.69, 9.17) is 28.2 Å². The highest BCUT2D eigenvalue weighted by molar-refractivity contribution is 6.42. The summed E-state index contributed by atoms with van der Waals surface area (Å²) in [6.07, 6.45) is 5.91. The third-order valence-electron chi connectivity index (χ3n) is 4.04. The van der Waals surface area contributed by atoms with Gasteiger partial charge in [-0.15, -0.1) is 24.8 Å². The van der Waals surface area contributed by atoms with Crippen molar-refractivity contribution in [2.24, 2.45) is 4.99 Å². The molecule has 26 heavy (non-hydrogen) atoms. The van der Waals surface area contributed by atoms with Crippen LogP contribution in [0, 0.1) is 0 Å². The van der Waals surface area contributed by atoms with E-state index in [1.807, 2.05) is 30.4 Å². The molecule has 0 aromatic heterocycles. The number of aliphatic imine (C=N–C) groups is 1. The van der Waals surface area contributed by atoms with E-state index < -0.39 is 0 Å². The van der Waals surface area contributed by atoms with Gasteiger partial charge in [-0.25, -0.2) is 0 Å². The van der Waals surface area contributed by atoms with E-state index in [1.54, 1.807) is 6.07 Å². The number of nitrogens with zero attached hydrogens (tertiary/aromatic N) is 2. The van der Waals surface area contributed by atoms with Gasteiger partial charge in [0.15, 0.2) is 0 Å².